The molecule has 0 aromatic heterocycles. The molecule has 0 N–H and O–H groups in total. The second-order valence-electron chi connectivity index (χ2n) is 4.81. The number of hydrogen-bond donors (Lipinski definition) is 0. The molecule has 5 heteroatoms. The van der Waals surface area contributed by atoms with Gasteiger partial charge in [-0.15, -0.1) is 0 Å². The Morgan fingerprint density at radius 1 is 1.42 bits per heavy atom. The monoisotopic (exact) mass is 330 g/mol. The predicted molar refractivity (Wildman–Crippen MR) is 73.2 cm³/mol. The van der Waals surface area contributed by atoms with Gasteiger partial charge in [0.05, 0.1) is 22.7 Å². The summed E-state index contributed by atoms with van der Waals surface area (Å²) in [6, 6.07) is 2.69. The summed E-state index contributed by atoms with van der Waals surface area (Å²) in [7, 11) is 3.05. The Kier molecular flexibility index (Phi) is 4.26. The van der Waals surface area contributed by atoms with Crippen LogP contribution in [0, 0.1) is 5.82 Å². The van der Waals surface area contributed by atoms with E-state index in [0.29, 0.717) is 12.0 Å². The first kappa shape index (κ1) is 14.5. The molecule has 0 aliphatic heterocycles. The minimum Gasteiger partial charge on any atom is -0.496 e. The molecular weight excluding hydrogens is 315 g/mol. The van der Waals surface area contributed by atoms with Crippen LogP contribution in [0.1, 0.15) is 36.0 Å². The number of halogens is 2. The van der Waals surface area contributed by atoms with E-state index in [4.69, 9.17) is 9.47 Å². The van der Waals surface area contributed by atoms with Crippen molar-refractivity contribution in [3.05, 3.63) is 28.0 Å². The van der Waals surface area contributed by atoms with Crippen LogP contribution in [0.4, 0.5) is 4.39 Å². The van der Waals surface area contributed by atoms with Crippen LogP contribution < -0.4 is 4.74 Å². The number of methoxy groups -OCH3 is 2. The molecule has 0 unspecified atom stereocenters. The Morgan fingerprint density at radius 2 is 2.11 bits per heavy atom. The van der Waals surface area contributed by atoms with Gasteiger partial charge in [0.25, 0.3) is 0 Å². The summed E-state index contributed by atoms with van der Waals surface area (Å²) in [5, 5.41) is 0. The maximum absolute atomic E-state index is 13.4. The first-order chi connectivity index (χ1) is 9.01. The summed E-state index contributed by atoms with van der Waals surface area (Å²) in [4.78, 5) is 12.4. The fourth-order valence-electron chi connectivity index (χ4n) is 2.33. The van der Waals surface area contributed by atoms with E-state index in [1.807, 2.05) is 0 Å². The van der Waals surface area contributed by atoms with Crippen molar-refractivity contribution in [1.82, 2.24) is 0 Å². The summed E-state index contributed by atoms with van der Waals surface area (Å²) in [5.74, 6) is -0.270. The molecule has 0 saturated heterocycles. The van der Waals surface area contributed by atoms with Gasteiger partial charge in [0.2, 0.25) is 0 Å². The number of ether oxygens (including phenoxy) is 2. The van der Waals surface area contributed by atoms with Gasteiger partial charge in [0.1, 0.15) is 11.6 Å². The smallest absolute Gasteiger partial charge is 0.169 e. The molecule has 1 fully saturated rings. The quantitative estimate of drug-likeness (QED) is 0.771. The molecule has 1 aromatic rings. The summed E-state index contributed by atoms with van der Waals surface area (Å²) in [6.07, 6.45) is 3.16. The van der Waals surface area contributed by atoms with Crippen LogP contribution in [-0.4, -0.2) is 25.6 Å². The van der Waals surface area contributed by atoms with Crippen LogP contribution in [0.25, 0.3) is 0 Å². The van der Waals surface area contributed by atoms with Crippen LogP contribution in [0.5, 0.6) is 5.75 Å². The van der Waals surface area contributed by atoms with Gasteiger partial charge < -0.3 is 9.47 Å². The largest absolute Gasteiger partial charge is 0.496 e. The van der Waals surface area contributed by atoms with Gasteiger partial charge in [-0.1, -0.05) is 0 Å². The Bertz CT molecular complexity index is 492. The normalized spacial score (nSPS) is 16.8. The molecule has 1 aromatic carbocycles. The minimum absolute atomic E-state index is 0.0842. The highest BCUT2D eigenvalue weighted by Gasteiger charge is 2.39. The van der Waals surface area contributed by atoms with E-state index in [0.717, 1.165) is 19.3 Å². The molecule has 104 valence electrons. The topological polar surface area (TPSA) is 35.5 Å². The van der Waals surface area contributed by atoms with E-state index in [-0.39, 0.29) is 21.6 Å². The standard InChI is InChI=1S/C14H16BrFO3/c1-18-13-7-11(16)10(15)6-9(13)12(17)8-14(19-2)4-3-5-14/h6-7H,3-5,8H2,1-2H3. The molecule has 0 radical (unpaired) electrons. The highest BCUT2D eigenvalue weighted by Crippen LogP contribution is 2.40. The van der Waals surface area contributed by atoms with Crippen LogP contribution in [-0.2, 0) is 4.74 Å². The SMILES string of the molecule is COc1cc(F)c(Br)cc1C(=O)CC1(OC)CCC1. The zero-order valence-electron chi connectivity index (χ0n) is 11.0. The van der Waals surface area contributed by atoms with Gasteiger partial charge >= 0.3 is 0 Å². The molecule has 0 heterocycles. The molecular formula is C14H16BrFO3. The van der Waals surface area contributed by atoms with Gasteiger partial charge in [-0.05, 0) is 41.3 Å². The third kappa shape index (κ3) is 2.82. The van der Waals surface area contributed by atoms with Gasteiger partial charge in [-0.25, -0.2) is 4.39 Å². The Balaban J connectivity index is 2.25. The number of Topliss-reactive ketones (excluding diaryl/α,β-unsaturated/α-hetero) is 1. The maximum atomic E-state index is 13.4. The molecule has 0 spiro atoms. The Labute approximate surface area is 120 Å². The average molecular weight is 331 g/mol. The van der Waals surface area contributed by atoms with Crippen molar-refractivity contribution >= 4 is 21.7 Å². The highest BCUT2D eigenvalue weighted by molar-refractivity contribution is 9.10. The van der Waals surface area contributed by atoms with Crippen molar-refractivity contribution in [1.29, 1.82) is 0 Å². The third-order valence-corrected chi connectivity index (χ3v) is 4.33. The summed E-state index contributed by atoms with van der Waals surface area (Å²) in [5.41, 5.74) is 0.0438. The lowest BCUT2D eigenvalue weighted by Crippen LogP contribution is -2.41. The minimum atomic E-state index is -0.446. The van der Waals surface area contributed by atoms with Crippen LogP contribution in [0.3, 0.4) is 0 Å². The number of carbonyl (C=O) groups excluding carboxylic acids is 1. The lowest BCUT2D eigenvalue weighted by Gasteiger charge is -2.40. The van der Waals surface area contributed by atoms with Crippen LogP contribution in [0.15, 0.2) is 16.6 Å². The van der Waals surface area contributed by atoms with Gasteiger partial charge in [-0.3, -0.25) is 4.79 Å². The average Bonchev–Trinajstić information content (AvgIpc) is 2.36. The van der Waals surface area contributed by atoms with Crippen molar-refractivity contribution in [2.75, 3.05) is 14.2 Å². The third-order valence-electron chi connectivity index (χ3n) is 3.72. The molecule has 0 bridgehead atoms. The molecule has 2 rings (SSSR count). The fraction of sp³-hybridized carbons (Fsp3) is 0.500. The Hall–Kier alpha value is -0.940. The van der Waals surface area contributed by atoms with Crippen molar-refractivity contribution in [2.24, 2.45) is 0 Å². The number of benzene rings is 1. The maximum Gasteiger partial charge on any atom is 0.169 e. The van der Waals surface area contributed by atoms with E-state index in [9.17, 15) is 9.18 Å². The number of carbonyl (C=O) groups is 1. The van der Waals surface area contributed by atoms with Gasteiger partial charge in [0.15, 0.2) is 5.78 Å². The van der Waals surface area contributed by atoms with E-state index < -0.39 is 5.82 Å². The zero-order chi connectivity index (χ0) is 14.0. The molecule has 1 aliphatic rings. The molecule has 19 heavy (non-hydrogen) atoms. The molecule has 1 aliphatic carbocycles. The first-order valence-corrected chi connectivity index (χ1v) is 6.92. The summed E-state index contributed by atoms with van der Waals surface area (Å²) in [6.45, 7) is 0. The number of rotatable bonds is 5. The van der Waals surface area contributed by atoms with Crippen molar-refractivity contribution < 1.29 is 18.7 Å². The van der Waals surface area contributed by atoms with Crippen LogP contribution >= 0.6 is 15.9 Å². The Morgan fingerprint density at radius 3 is 2.58 bits per heavy atom. The number of ketones is 1. The first-order valence-electron chi connectivity index (χ1n) is 6.13. The number of hydrogen-bond acceptors (Lipinski definition) is 3. The van der Waals surface area contributed by atoms with Crippen LogP contribution in [0.2, 0.25) is 0 Å². The van der Waals surface area contributed by atoms with Crippen molar-refractivity contribution in [3.63, 3.8) is 0 Å². The van der Waals surface area contributed by atoms with E-state index in [1.54, 1.807) is 7.11 Å². The van der Waals surface area contributed by atoms with E-state index in [2.05, 4.69) is 15.9 Å². The zero-order valence-corrected chi connectivity index (χ0v) is 12.5. The fourth-order valence-corrected chi connectivity index (χ4v) is 2.67. The molecule has 3 nitrogen and oxygen atoms in total. The highest BCUT2D eigenvalue weighted by atomic mass is 79.9. The molecule has 0 amide bonds. The second-order valence-corrected chi connectivity index (χ2v) is 5.66. The lowest BCUT2D eigenvalue weighted by molar-refractivity contribution is -0.0705. The van der Waals surface area contributed by atoms with Gasteiger partial charge in [-0.2, -0.15) is 0 Å². The molecule has 0 atom stereocenters. The predicted octanol–water partition coefficient (Wildman–Crippen LogP) is 3.74. The van der Waals surface area contributed by atoms with Crippen molar-refractivity contribution in [3.8, 4) is 5.75 Å². The molecule has 1 saturated carbocycles. The van der Waals surface area contributed by atoms with Gasteiger partial charge in [0, 0.05) is 19.6 Å². The van der Waals surface area contributed by atoms with E-state index >= 15 is 0 Å². The summed E-state index contributed by atoms with van der Waals surface area (Å²) < 4.78 is 24.2. The second kappa shape index (κ2) is 5.59. The lowest BCUT2D eigenvalue weighted by atomic mass is 9.75. The van der Waals surface area contributed by atoms with E-state index in [1.165, 1.54) is 19.2 Å². The summed E-state index contributed by atoms with van der Waals surface area (Å²) >= 11 is 3.09. The van der Waals surface area contributed by atoms with Crippen molar-refractivity contribution in [2.45, 2.75) is 31.3 Å².